The van der Waals surface area contributed by atoms with Gasteiger partial charge in [0.25, 0.3) is 0 Å². The molecule has 0 unspecified atom stereocenters. The summed E-state index contributed by atoms with van der Waals surface area (Å²) in [7, 11) is 1.57. The molecule has 1 aromatic carbocycles. The van der Waals surface area contributed by atoms with Crippen molar-refractivity contribution in [3.63, 3.8) is 0 Å². The molecule has 0 atom stereocenters. The van der Waals surface area contributed by atoms with Gasteiger partial charge in [-0.25, -0.2) is 4.39 Å². The smallest absolute Gasteiger partial charge is 0.223 e. The van der Waals surface area contributed by atoms with Crippen LogP contribution >= 0.6 is 0 Å². The van der Waals surface area contributed by atoms with E-state index in [-0.39, 0.29) is 11.7 Å². The molecule has 2 heterocycles. The van der Waals surface area contributed by atoms with Crippen LogP contribution in [0.15, 0.2) is 18.2 Å². The fourth-order valence-electron chi connectivity index (χ4n) is 3.45. The lowest BCUT2D eigenvalue weighted by atomic mass is 10.2. The molecule has 0 spiro atoms. The van der Waals surface area contributed by atoms with E-state index in [0.717, 1.165) is 64.6 Å². The molecule has 0 aromatic heterocycles. The molecule has 0 bridgehead atoms. The summed E-state index contributed by atoms with van der Waals surface area (Å²) in [6.45, 7) is 7.72. The third-order valence-electron chi connectivity index (χ3n) is 4.97. The molecule has 1 N–H and O–H groups in total. The van der Waals surface area contributed by atoms with Gasteiger partial charge in [-0.3, -0.25) is 9.69 Å². The molecular formula is C18H27FN4O2. The molecule has 2 saturated heterocycles. The molecule has 0 saturated carbocycles. The van der Waals surface area contributed by atoms with Crippen LogP contribution in [0.5, 0.6) is 5.75 Å². The summed E-state index contributed by atoms with van der Waals surface area (Å²) in [5.74, 6) is 0.539. The molecule has 0 radical (unpaired) electrons. The Hall–Kier alpha value is -1.86. The van der Waals surface area contributed by atoms with Crippen LogP contribution in [0.1, 0.15) is 6.42 Å². The highest BCUT2D eigenvalue weighted by atomic mass is 19.1. The molecule has 138 valence electrons. The van der Waals surface area contributed by atoms with Crippen molar-refractivity contribution in [3.05, 3.63) is 24.0 Å². The lowest BCUT2D eigenvalue weighted by Gasteiger charge is -2.37. The number of amides is 1. The minimum atomic E-state index is -0.286. The summed E-state index contributed by atoms with van der Waals surface area (Å²) >= 11 is 0. The van der Waals surface area contributed by atoms with E-state index >= 15 is 0 Å². The number of carbonyl (C=O) groups is 1. The summed E-state index contributed by atoms with van der Waals surface area (Å²) in [4.78, 5) is 18.7. The Labute approximate surface area is 148 Å². The summed E-state index contributed by atoms with van der Waals surface area (Å²) in [6.07, 6.45) is 0.583. The van der Waals surface area contributed by atoms with E-state index in [0.29, 0.717) is 12.2 Å². The number of benzene rings is 1. The third-order valence-corrected chi connectivity index (χ3v) is 4.97. The maximum Gasteiger partial charge on any atom is 0.223 e. The molecule has 2 aliphatic rings. The van der Waals surface area contributed by atoms with E-state index in [9.17, 15) is 9.18 Å². The molecule has 2 aliphatic heterocycles. The van der Waals surface area contributed by atoms with Crippen LogP contribution in [0.3, 0.4) is 0 Å². The van der Waals surface area contributed by atoms with Crippen molar-refractivity contribution < 1.29 is 13.9 Å². The van der Waals surface area contributed by atoms with Gasteiger partial charge in [-0.05, 0) is 12.1 Å². The van der Waals surface area contributed by atoms with Gasteiger partial charge in [0.15, 0.2) is 0 Å². The normalized spacial score (nSPS) is 19.1. The average Bonchev–Trinajstić information content (AvgIpc) is 2.67. The number of hydrogen-bond acceptors (Lipinski definition) is 5. The van der Waals surface area contributed by atoms with Crippen molar-refractivity contribution in [2.45, 2.75) is 6.42 Å². The van der Waals surface area contributed by atoms with E-state index in [2.05, 4.69) is 15.1 Å². The number of nitrogens with zero attached hydrogens (tertiary/aromatic N) is 3. The predicted octanol–water partition coefficient (Wildman–Crippen LogP) is 0.778. The first kappa shape index (κ1) is 17.9. The number of ether oxygens (including phenoxy) is 1. The van der Waals surface area contributed by atoms with Gasteiger partial charge in [-0.15, -0.1) is 0 Å². The Bertz CT molecular complexity index is 584. The summed E-state index contributed by atoms with van der Waals surface area (Å²) in [6, 6.07) is 4.67. The van der Waals surface area contributed by atoms with Gasteiger partial charge >= 0.3 is 0 Å². The standard InChI is InChI=1S/C18H27FN4O2/c1-25-17-14-15(19)2-3-16(17)22-12-10-21(11-13-22)7-4-18(24)23-8-5-20-6-9-23/h2-3,14,20H,4-13H2,1H3. The number of methoxy groups -OCH3 is 1. The first-order chi connectivity index (χ1) is 12.2. The van der Waals surface area contributed by atoms with Gasteiger partial charge in [-0.1, -0.05) is 0 Å². The SMILES string of the molecule is COc1cc(F)ccc1N1CCN(CCC(=O)N2CCNCC2)CC1. The Kier molecular flexibility index (Phi) is 6.09. The number of carbonyl (C=O) groups excluding carboxylic acids is 1. The summed E-state index contributed by atoms with van der Waals surface area (Å²) < 4.78 is 18.6. The molecule has 2 fully saturated rings. The maximum atomic E-state index is 13.3. The number of anilines is 1. The van der Waals surface area contributed by atoms with Crippen LogP contribution in [0.2, 0.25) is 0 Å². The quantitative estimate of drug-likeness (QED) is 0.850. The van der Waals surface area contributed by atoms with Crippen molar-refractivity contribution in [1.29, 1.82) is 0 Å². The summed E-state index contributed by atoms with van der Waals surface area (Å²) in [5, 5.41) is 3.26. The molecule has 25 heavy (non-hydrogen) atoms. The maximum absolute atomic E-state index is 13.3. The number of nitrogens with one attached hydrogen (secondary N) is 1. The third kappa shape index (κ3) is 4.61. The Morgan fingerprint density at radius 1 is 1.16 bits per heavy atom. The monoisotopic (exact) mass is 350 g/mol. The van der Waals surface area contributed by atoms with Gasteiger partial charge in [0.1, 0.15) is 11.6 Å². The number of piperazine rings is 2. The van der Waals surface area contributed by atoms with Gasteiger partial charge in [-0.2, -0.15) is 0 Å². The number of rotatable bonds is 5. The predicted molar refractivity (Wildman–Crippen MR) is 95.7 cm³/mol. The van der Waals surface area contributed by atoms with Gasteiger partial charge in [0.2, 0.25) is 5.91 Å². The zero-order valence-electron chi connectivity index (χ0n) is 14.8. The van der Waals surface area contributed by atoms with E-state index in [4.69, 9.17) is 4.74 Å². The minimum absolute atomic E-state index is 0.254. The number of halogens is 1. The first-order valence-corrected chi connectivity index (χ1v) is 8.96. The lowest BCUT2D eigenvalue weighted by molar-refractivity contribution is -0.132. The fourth-order valence-corrected chi connectivity index (χ4v) is 3.45. The Morgan fingerprint density at radius 3 is 2.56 bits per heavy atom. The van der Waals surface area contributed by atoms with Crippen LogP contribution in [0.4, 0.5) is 10.1 Å². The van der Waals surface area contributed by atoms with Gasteiger partial charge in [0, 0.05) is 71.4 Å². The fraction of sp³-hybridized carbons (Fsp3) is 0.611. The second kappa shape index (κ2) is 8.49. The highest BCUT2D eigenvalue weighted by Gasteiger charge is 2.22. The molecule has 7 heteroatoms. The van der Waals surface area contributed by atoms with E-state index < -0.39 is 0 Å². The first-order valence-electron chi connectivity index (χ1n) is 8.96. The molecule has 6 nitrogen and oxygen atoms in total. The van der Waals surface area contributed by atoms with Crippen LogP contribution in [-0.4, -0.2) is 81.7 Å². The van der Waals surface area contributed by atoms with Crippen molar-refractivity contribution in [3.8, 4) is 5.75 Å². The van der Waals surface area contributed by atoms with E-state index in [1.54, 1.807) is 13.2 Å². The van der Waals surface area contributed by atoms with E-state index in [1.807, 2.05) is 4.90 Å². The molecule has 1 aromatic rings. The lowest BCUT2D eigenvalue weighted by Crippen LogP contribution is -2.49. The largest absolute Gasteiger partial charge is 0.494 e. The van der Waals surface area contributed by atoms with E-state index in [1.165, 1.54) is 12.1 Å². The van der Waals surface area contributed by atoms with Crippen LogP contribution < -0.4 is 15.0 Å². The van der Waals surface area contributed by atoms with Crippen LogP contribution in [0, 0.1) is 5.82 Å². The second-order valence-electron chi connectivity index (χ2n) is 6.53. The van der Waals surface area contributed by atoms with Gasteiger partial charge < -0.3 is 19.9 Å². The zero-order valence-corrected chi connectivity index (χ0v) is 14.8. The molecule has 1 amide bonds. The van der Waals surface area contributed by atoms with Crippen molar-refractivity contribution >= 4 is 11.6 Å². The van der Waals surface area contributed by atoms with Crippen molar-refractivity contribution in [2.75, 3.05) is 70.9 Å². The molecule has 3 rings (SSSR count). The van der Waals surface area contributed by atoms with Crippen molar-refractivity contribution in [1.82, 2.24) is 15.1 Å². The summed E-state index contributed by atoms with van der Waals surface area (Å²) in [5.41, 5.74) is 0.931. The Morgan fingerprint density at radius 2 is 1.88 bits per heavy atom. The topological polar surface area (TPSA) is 48.1 Å². The highest BCUT2D eigenvalue weighted by Crippen LogP contribution is 2.29. The highest BCUT2D eigenvalue weighted by molar-refractivity contribution is 5.76. The Balaban J connectivity index is 1.46. The number of hydrogen-bond donors (Lipinski definition) is 1. The molecule has 0 aliphatic carbocycles. The second-order valence-corrected chi connectivity index (χ2v) is 6.53. The van der Waals surface area contributed by atoms with Crippen LogP contribution in [0.25, 0.3) is 0 Å². The zero-order chi connectivity index (χ0) is 17.6. The average molecular weight is 350 g/mol. The van der Waals surface area contributed by atoms with Crippen LogP contribution in [-0.2, 0) is 4.79 Å². The van der Waals surface area contributed by atoms with Gasteiger partial charge in [0.05, 0.1) is 12.8 Å². The minimum Gasteiger partial charge on any atom is -0.494 e. The molecular weight excluding hydrogens is 323 g/mol. The van der Waals surface area contributed by atoms with Crippen molar-refractivity contribution in [2.24, 2.45) is 0 Å².